The number of benzene rings is 2. The van der Waals surface area contributed by atoms with Crippen LogP contribution in [-0.2, 0) is 4.79 Å². The van der Waals surface area contributed by atoms with Gasteiger partial charge in [-0.25, -0.2) is 4.98 Å². The summed E-state index contributed by atoms with van der Waals surface area (Å²) in [5.74, 6) is 0.499. The quantitative estimate of drug-likeness (QED) is 0.501. The summed E-state index contributed by atoms with van der Waals surface area (Å²) in [6.45, 7) is 5.66. The summed E-state index contributed by atoms with van der Waals surface area (Å²) in [5, 5.41) is 3.55. The lowest BCUT2D eigenvalue weighted by Gasteiger charge is -2.18. The monoisotopic (exact) mass is 397 g/mol. The zero-order chi connectivity index (χ0) is 20.3. The van der Waals surface area contributed by atoms with Gasteiger partial charge in [-0.05, 0) is 45.0 Å². The smallest absolute Gasteiger partial charge is 0.262 e. The van der Waals surface area contributed by atoms with Crippen molar-refractivity contribution in [2.24, 2.45) is 0 Å². The molecule has 1 N–H and O–H groups in total. The van der Waals surface area contributed by atoms with Crippen molar-refractivity contribution in [1.82, 2.24) is 9.55 Å². The molecule has 2 aromatic carbocycles. The van der Waals surface area contributed by atoms with Crippen LogP contribution in [0.25, 0.3) is 10.9 Å². The number of methoxy groups -OCH3 is 1. The number of hydrogen-bond acceptors (Lipinski definition) is 5. The minimum Gasteiger partial charge on any atom is -0.497 e. The molecule has 0 aliphatic heterocycles. The van der Waals surface area contributed by atoms with Gasteiger partial charge in [-0.1, -0.05) is 30.0 Å². The Kier molecular flexibility index (Phi) is 6.04. The van der Waals surface area contributed by atoms with Gasteiger partial charge in [-0.15, -0.1) is 0 Å². The number of thioether (sulfide) groups is 1. The predicted octanol–water partition coefficient (Wildman–Crippen LogP) is 4.11. The number of rotatable bonds is 6. The number of nitrogens with one attached hydrogen (secondary N) is 1. The van der Waals surface area contributed by atoms with Crippen LogP contribution in [0.4, 0.5) is 5.69 Å². The van der Waals surface area contributed by atoms with Gasteiger partial charge in [0, 0.05) is 17.8 Å². The second-order valence-corrected chi connectivity index (χ2v) is 7.97. The second-order valence-electron chi connectivity index (χ2n) is 6.66. The summed E-state index contributed by atoms with van der Waals surface area (Å²) in [5.41, 5.74) is 1.19. The van der Waals surface area contributed by atoms with Crippen molar-refractivity contribution >= 4 is 34.3 Å². The summed E-state index contributed by atoms with van der Waals surface area (Å²) in [4.78, 5) is 30.2. The molecule has 28 heavy (non-hydrogen) atoms. The van der Waals surface area contributed by atoms with Crippen LogP contribution in [0.3, 0.4) is 0 Å². The Hall–Kier alpha value is -2.80. The maximum atomic E-state index is 12.9. The maximum absolute atomic E-state index is 12.9. The summed E-state index contributed by atoms with van der Waals surface area (Å²) in [7, 11) is 1.58. The van der Waals surface area contributed by atoms with Crippen LogP contribution < -0.4 is 15.6 Å². The highest BCUT2D eigenvalue weighted by Gasteiger charge is 2.20. The largest absolute Gasteiger partial charge is 0.497 e. The lowest BCUT2D eigenvalue weighted by Crippen LogP contribution is -2.28. The second kappa shape index (κ2) is 8.48. The molecule has 1 amide bonds. The molecule has 0 bridgehead atoms. The fourth-order valence-electron chi connectivity index (χ4n) is 2.82. The molecule has 6 nitrogen and oxygen atoms in total. The van der Waals surface area contributed by atoms with Crippen LogP contribution >= 0.6 is 11.8 Å². The van der Waals surface area contributed by atoms with Crippen molar-refractivity contribution < 1.29 is 9.53 Å². The van der Waals surface area contributed by atoms with Gasteiger partial charge in [0.25, 0.3) is 5.56 Å². The molecule has 0 fully saturated rings. The lowest BCUT2D eigenvalue weighted by molar-refractivity contribution is -0.115. The number of amides is 1. The standard InChI is InChI=1S/C21H23N3O3S/c1-13(2)24-20(26)17-10-5-6-11-18(17)23-21(24)28-14(3)19(25)22-15-8-7-9-16(12-15)27-4/h5-14H,1-4H3,(H,22,25). The van der Waals surface area contributed by atoms with Crippen molar-refractivity contribution in [3.8, 4) is 5.75 Å². The number of nitrogens with zero attached hydrogens (tertiary/aromatic N) is 2. The summed E-state index contributed by atoms with van der Waals surface area (Å²) in [6.07, 6.45) is 0. The number of ether oxygens (including phenoxy) is 1. The van der Waals surface area contributed by atoms with Crippen LogP contribution in [0.5, 0.6) is 5.75 Å². The summed E-state index contributed by atoms with van der Waals surface area (Å²) >= 11 is 1.27. The van der Waals surface area contributed by atoms with Gasteiger partial charge in [-0.3, -0.25) is 14.2 Å². The molecule has 3 aromatic rings. The molecule has 0 radical (unpaired) electrons. The first-order chi connectivity index (χ1) is 13.4. The summed E-state index contributed by atoms with van der Waals surface area (Å²) in [6, 6.07) is 14.4. The molecule has 0 aliphatic rings. The van der Waals surface area contributed by atoms with Crippen molar-refractivity contribution in [2.75, 3.05) is 12.4 Å². The number of fused-ring (bicyclic) bond motifs is 1. The maximum Gasteiger partial charge on any atom is 0.262 e. The highest BCUT2D eigenvalue weighted by Crippen LogP contribution is 2.26. The Labute approximate surface area is 167 Å². The van der Waals surface area contributed by atoms with Gasteiger partial charge in [0.15, 0.2) is 5.16 Å². The molecule has 146 valence electrons. The van der Waals surface area contributed by atoms with Crippen molar-refractivity contribution in [1.29, 1.82) is 0 Å². The van der Waals surface area contributed by atoms with Gasteiger partial charge in [0.1, 0.15) is 5.75 Å². The third kappa shape index (κ3) is 4.20. The van der Waals surface area contributed by atoms with Gasteiger partial charge >= 0.3 is 0 Å². The molecule has 0 spiro atoms. The fourth-order valence-corrected chi connectivity index (χ4v) is 3.86. The average Bonchev–Trinajstić information content (AvgIpc) is 2.68. The molecular formula is C21H23N3O3S. The van der Waals surface area contributed by atoms with Gasteiger partial charge in [-0.2, -0.15) is 0 Å². The Bertz CT molecular complexity index is 1060. The van der Waals surface area contributed by atoms with Crippen molar-refractivity contribution in [3.63, 3.8) is 0 Å². The van der Waals surface area contributed by atoms with Gasteiger partial charge in [0.2, 0.25) is 5.91 Å². The van der Waals surface area contributed by atoms with Crippen LogP contribution in [0, 0.1) is 0 Å². The van der Waals surface area contributed by atoms with Crippen LogP contribution in [0.1, 0.15) is 26.8 Å². The molecule has 1 aromatic heterocycles. The van der Waals surface area contributed by atoms with E-state index in [9.17, 15) is 9.59 Å². The average molecular weight is 398 g/mol. The molecular weight excluding hydrogens is 374 g/mol. The van der Waals surface area contributed by atoms with E-state index in [1.165, 1.54) is 11.8 Å². The normalized spacial score (nSPS) is 12.2. The van der Waals surface area contributed by atoms with E-state index in [0.29, 0.717) is 27.5 Å². The van der Waals surface area contributed by atoms with E-state index in [1.807, 2.05) is 44.2 Å². The topological polar surface area (TPSA) is 73.2 Å². The van der Waals surface area contributed by atoms with E-state index in [-0.39, 0.29) is 17.5 Å². The molecule has 1 unspecified atom stereocenters. The molecule has 0 saturated heterocycles. The van der Waals surface area contributed by atoms with Crippen molar-refractivity contribution in [3.05, 3.63) is 58.9 Å². The molecule has 0 saturated carbocycles. The van der Waals surface area contributed by atoms with Crippen molar-refractivity contribution in [2.45, 2.75) is 37.2 Å². The summed E-state index contributed by atoms with van der Waals surface area (Å²) < 4.78 is 6.83. The molecule has 7 heteroatoms. The first-order valence-electron chi connectivity index (χ1n) is 9.03. The van der Waals surface area contributed by atoms with Crippen LogP contribution in [0.2, 0.25) is 0 Å². The third-order valence-corrected chi connectivity index (χ3v) is 5.35. The third-order valence-electron chi connectivity index (χ3n) is 4.28. The van der Waals surface area contributed by atoms with Crippen LogP contribution in [0.15, 0.2) is 58.5 Å². The number of carbonyl (C=O) groups is 1. The van der Waals surface area contributed by atoms with E-state index in [4.69, 9.17) is 4.74 Å². The number of hydrogen-bond donors (Lipinski definition) is 1. The number of aromatic nitrogens is 2. The molecule has 1 heterocycles. The predicted molar refractivity (Wildman–Crippen MR) is 113 cm³/mol. The molecule has 0 aliphatic carbocycles. The van der Waals surface area contributed by atoms with Gasteiger partial charge < -0.3 is 10.1 Å². The van der Waals surface area contributed by atoms with E-state index in [0.717, 1.165) is 0 Å². The minimum atomic E-state index is -0.440. The number of anilines is 1. The fraction of sp³-hybridized carbons (Fsp3) is 0.286. The minimum absolute atomic E-state index is 0.0687. The van der Waals surface area contributed by atoms with E-state index >= 15 is 0 Å². The Morgan fingerprint density at radius 3 is 2.61 bits per heavy atom. The first-order valence-corrected chi connectivity index (χ1v) is 9.91. The molecule has 3 rings (SSSR count). The Morgan fingerprint density at radius 1 is 1.14 bits per heavy atom. The van der Waals surface area contributed by atoms with Gasteiger partial charge in [0.05, 0.1) is 23.3 Å². The lowest BCUT2D eigenvalue weighted by atomic mass is 10.2. The van der Waals surface area contributed by atoms with E-state index < -0.39 is 5.25 Å². The zero-order valence-electron chi connectivity index (χ0n) is 16.3. The van der Waals surface area contributed by atoms with E-state index in [2.05, 4.69) is 10.3 Å². The highest BCUT2D eigenvalue weighted by molar-refractivity contribution is 8.00. The Morgan fingerprint density at radius 2 is 1.89 bits per heavy atom. The number of para-hydroxylation sites is 1. The zero-order valence-corrected chi connectivity index (χ0v) is 17.1. The van der Waals surface area contributed by atoms with E-state index in [1.54, 1.807) is 36.8 Å². The van der Waals surface area contributed by atoms with Crippen LogP contribution in [-0.4, -0.2) is 27.8 Å². The Balaban J connectivity index is 1.87. The number of carbonyl (C=O) groups excluding carboxylic acids is 1. The molecule has 1 atom stereocenters. The SMILES string of the molecule is COc1cccc(NC(=O)C(C)Sc2nc3ccccc3c(=O)n2C(C)C)c1. The highest BCUT2D eigenvalue weighted by atomic mass is 32.2. The first kappa shape index (κ1) is 19.9.